The third kappa shape index (κ3) is 1.81. The predicted octanol–water partition coefficient (Wildman–Crippen LogP) is -0.690. The summed E-state index contributed by atoms with van der Waals surface area (Å²) < 4.78 is 7.25. The number of morpholine rings is 1. The molecule has 5 nitrogen and oxygen atoms in total. The topological polar surface area (TPSA) is 56.3 Å². The highest BCUT2D eigenvalue weighted by atomic mass is 16.5. The van der Waals surface area contributed by atoms with Crippen LogP contribution in [0.25, 0.3) is 0 Å². The van der Waals surface area contributed by atoms with Gasteiger partial charge in [-0.3, -0.25) is 4.68 Å². The van der Waals surface area contributed by atoms with E-state index in [4.69, 9.17) is 10.5 Å². The van der Waals surface area contributed by atoms with Crippen molar-refractivity contribution in [3.05, 3.63) is 18.2 Å². The van der Waals surface area contributed by atoms with Gasteiger partial charge in [-0.1, -0.05) is 0 Å². The molecule has 0 radical (unpaired) electrons. The fourth-order valence-electron chi connectivity index (χ4n) is 1.40. The molecule has 1 aromatic heterocycles. The zero-order valence-corrected chi connectivity index (χ0v) is 7.52. The Labute approximate surface area is 77.1 Å². The van der Waals surface area contributed by atoms with Gasteiger partial charge in [0, 0.05) is 6.54 Å². The zero-order valence-electron chi connectivity index (χ0n) is 7.52. The number of hydrogen-bond donors (Lipinski definition) is 1. The molecule has 0 aliphatic carbocycles. The molecule has 1 saturated heterocycles. The normalized spacial score (nSPS) is 17.8. The van der Waals surface area contributed by atoms with E-state index >= 15 is 0 Å². The van der Waals surface area contributed by atoms with Crippen LogP contribution < -0.4 is 10.7 Å². The lowest BCUT2D eigenvalue weighted by molar-refractivity contribution is 0.111. The van der Waals surface area contributed by atoms with Crippen LogP contribution in [-0.2, 0) is 11.3 Å². The summed E-state index contributed by atoms with van der Waals surface area (Å²) in [6.07, 6.45) is 3.76. The van der Waals surface area contributed by atoms with Crippen molar-refractivity contribution in [2.24, 2.45) is 5.73 Å². The van der Waals surface area contributed by atoms with Gasteiger partial charge in [-0.15, -0.1) is 0 Å². The maximum Gasteiger partial charge on any atom is 0.114 e. The first-order valence-electron chi connectivity index (χ1n) is 4.46. The highest BCUT2D eigenvalue weighted by Gasteiger charge is 2.10. The van der Waals surface area contributed by atoms with Gasteiger partial charge in [0.15, 0.2) is 0 Å². The van der Waals surface area contributed by atoms with Crippen molar-refractivity contribution in [1.82, 2.24) is 9.66 Å². The van der Waals surface area contributed by atoms with E-state index in [1.165, 1.54) is 0 Å². The second kappa shape index (κ2) is 3.76. The van der Waals surface area contributed by atoms with Gasteiger partial charge in [0.2, 0.25) is 0 Å². The van der Waals surface area contributed by atoms with Crippen molar-refractivity contribution in [2.75, 3.05) is 31.3 Å². The molecule has 0 bridgehead atoms. The molecule has 0 amide bonds. The molecule has 2 rings (SSSR count). The van der Waals surface area contributed by atoms with Gasteiger partial charge in [-0.2, -0.15) is 0 Å². The Morgan fingerprint density at radius 2 is 2.23 bits per heavy atom. The lowest BCUT2D eigenvalue weighted by atomic mass is 10.5. The summed E-state index contributed by atoms with van der Waals surface area (Å²) in [6, 6.07) is 0. The predicted molar refractivity (Wildman–Crippen MR) is 48.9 cm³/mol. The molecule has 0 unspecified atom stereocenters. The van der Waals surface area contributed by atoms with E-state index < -0.39 is 0 Å². The number of nitrogens with two attached hydrogens (primary N) is 1. The SMILES string of the molecule is NCc1cn(N2CCOCC2)cn1. The van der Waals surface area contributed by atoms with E-state index in [1.54, 1.807) is 6.33 Å². The Bertz CT molecular complexity index is 267. The lowest BCUT2D eigenvalue weighted by Crippen LogP contribution is -2.43. The van der Waals surface area contributed by atoms with Crippen LogP contribution in [0.15, 0.2) is 12.5 Å². The molecule has 1 fully saturated rings. The van der Waals surface area contributed by atoms with Crippen LogP contribution >= 0.6 is 0 Å². The molecule has 72 valence electrons. The Hall–Kier alpha value is -1.07. The number of ether oxygens (including phenoxy) is 1. The Morgan fingerprint density at radius 3 is 2.85 bits per heavy atom. The van der Waals surface area contributed by atoms with E-state index in [-0.39, 0.29) is 0 Å². The first kappa shape index (κ1) is 8.52. The van der Waals surface area contributed by atoms with Crippen molar-refractivity contribution in [3.63, 3.8) is 0 Å². The maximum absolute atomic E-state index is 5.47. The van der Waals surface area contributed by atoms with Gasteiger partial charge in [0.25, 0.3) is 0 Å². The maximum atomic E-state index is 5.47. The monoisotopic (exact) mass is 182 g/mol. The van der Waals surface area contributed by atoms with Crippen LogP contribution in [0.2, 0.25) is 0 Å². The van der Waals surface area contributed by atoms with Crippen molar-refractivity contribution in [3.8, 4) is 0 Å². The molecule has 0 aromatic carbocycles. The van der Waals surface area contributed by atoms with Crippen LogP contribution in [-0.4, -0.2) is 36.0 Å². The molecule has 2 heterocycles. The minimum absolute atomic E-state index is 0.497. The van der Waals surface area contributed by atoms with Crippen LogP contribution in [0.1, 0.15) is 5.69 Å². The van der Waals surface area contributed by atoms with Crippen LogP contribution in [0, 0.1) is 0 Å². The number of hydrogen-bond acceptors (Lipinski definition) is 4. The van der Waals surface area contributed by atoms with E-state index in [0.29, 0.717) is 6.54 Å². The van der Waals surface area contributed by atoms with Gasteiger partial charge in [-0.05, 0) is 0 Å². The van der Waals surface area contributed by atoms with Crippen molar-refractivity contribution < 1.29 is 4.74 Å². The van der Waals surface area contributed by atoms with E-state index in [2.05, 4.69) is 9.99 Å². The molecule has 0 saturated carbocycles. The molecular weight excluding hydrogens is 168 g/mol. The van der Waals surface area contributed by atoms with E-state index in [0.717, 1.165) is 32.0 Å². The van der Waals surface area contributed by atoms with Gasteiger partial charge in [-0.25, -0.2) is 4.98 Å². The second-order valence-corrected chi connectivity index (χ2v) is 3.02. The summed E-state index contributed by atoms with van der Waals surface area (Å²) in [7, 11) is 0. The van der Waals surface area contributed by atoms with Gasteiger partial charge < -0.3 is 15.5 Å². The second-order valence-electron chi connectivity index (χ2n) is 3.02. The molecule has 13 heavy (non-hydrogen) atoms. The minimum atomic E-state index is 0.497. The van der Waals surface area contributed by atoms with Gasteiger partial charge >= 0.3 is 0 Å². The van der Waals surface area contributed by atoms with Gasteiger partial charge in [0.05, 0.1) is 38.2 Å². The minimum Gasteiger partial charge on any atom is -0.378 e. The summed E-state index contributed by atoms with van der Waals surface area (Å²) in [6.45, 7) is 3.91. The number of aromatic nitrogens is 2. The molecule has 0 spiro atoms. The van der Waals surface area contributed by atoms with Crippen molar-refractivity contribution in [1.29, 1.82) is 0 Å². The Balaban J connectivity index is 2.05. The molecule has 1 aliphatic heterocycles. The molecule has 2 N–H and O–H groups in total. The lowest BCUT2D eigenvalue weighted by Gasteiger charge is -2.29. The van der Waals surface area contributed by atoms with Crippen LogP contribution in [0.4, 0.5) is 0 Å². The first-order chi connectivity index (χ1) is 6.40. The third-order valence-corrected chi connectivity index (χ3v) is 2.15. The summed E-state index contributed by atoms with van der Waals surface area (Å²) in [5, 5.41) is 2.19. The summed E-state index contributed by atoms with van der Waals surface area (Å²) >= 11 is 0. The fraction of sp³-hybridized carbons (Fsp3) is 0.625. The van der Waals surface area contributed by atoms with Gasteiger partial charge in [0.1, 0.15) is 6.33 Å². The van der Waals surface area contributed by atoms with E-state index in [1.807, 2.05) is 10.9 Å². The summed E-state index contributed by atoms with van der Waals surface area (Å²) in [5.41, 5.74) is 6.40. The van der Waals surface area contributed by atoms with E-state index in [9.17, 15) is 0 Å². The zero-order chi connectivity index (χ0) is 9.10. The quantitative estimate of drug-likeness (QED) is 0.657. The molecule has 1 aromatic rings. The van der Waals surface area contributed by atoms with Crippen molar-refractivity contribution >= 4 is 0 Å². The molecule has 1 aliphatic rings. The number of rotatable bonds is 2. The third-order valence-electron chi connectivity index (χ3n) is 2.15. The highest BCUT2D eigenvalue weighted by Crippen LogP contribution is 1.99. The standard InChI is InChI=1S/C8H14N4O/c9-5-8-6-12(7-10-8)11-1-3-13-4-2-11/h6-7H,1-5,9H2. The average Bonchev–Trinajstić information content (AvgIpc) is 2.67. The average molecular weight is 182 g/mol. The number of imidazole rings is 1. The molecule has 5 heteroatoms. The van der Waals surface area contributed by atoms with Crippen LogP contribution in [0.3, 0.4) is 0 Å². The first-order valence-corrected chi connectivity index (χ1v) is 4.46. The summed E-state index contributed by atoms with van der Waals surface area (Å²) in [4.78, 5) is 4.17. The molecule has 0 atom stereocenters. The van der Waals surface area contributed by atoms with Crippen molar-refractivity contribution in [2.45, 2.75) is 6.54 Å². The number of nitrogens with zero attached hydrogens (tertiary/aromatic N) is 3. The van der Waals surface area contributed by atoms with Crippen LogP contribution in [0.5, 0.6) is 0 Å². The smallest absolute Gasteiger partial charge is 0.114 e. The Morgan fingerprint density at radius 1 is 1.46 bits per heavy atom. The molecular formula is C8H14N4O. The Kier molecular flexibility index (Phi) is 2.47. The largest absolute Gasteiger partial charge is 0.378 e. The summed E-state index contributed by atoms with van der Waals surface area (Å²) in [5.74, 6) is 0. The highest BCUT2D eigenvalue weighted by molar-refractivity contribution is 5.00. The fourth-order valence-corrected chi connectivity index (χ4v) is 1.40.